The van der Waals surface area contributed by atoms with Crippen molar-refractivity contribution in [3.05, 3.63) is 53.6 Å². The Kier molecular flexibility index (Phi) is 3.27. The number of methoxy groups -OCH3 is 1. The fourth-order valence-electron chi connectivity index (χ4n) is 2.43. The Morgan fingerprint density at radius 2 is 1.86 bits per heavy atom. The Morgan fingerprint density at radius 1 is 1.14 bits per heavy atom. The second-order valence-corrected chi connectivity index (χ2v) is 4.80. The van der Waals surface area contributed by atoms with Gasteiger partial charge in [0, 0.05) is 6.07 Å². The standard InChI is InChI=1S/C16H14O5/c1-20-11-5-2-9(3-6-11)14-15(18)12-7-4-10(17)8-13(12)21-16(14)19/h2-8,14,16-17,19H,1H3/t14?,16-/m0/s1. The molecule has 5 heteroatoms. The number of aliphatic hydroxyl groups excluding tert-OH is 1. The van der Waals surface area contributed by atoms with Gasteiger partial charge >= 0.3 is 0 Å². The van der Waals surface area contributed by atoms with Crippen LogP contribution in [-0.4, -0.2) is 29.4 Å². The Bertz CT molecular complexity index is 678. The van der Waals surface area contributed by atoms with Crippen LogP contribution in [0.25, 0.3) is 0 Å². The third kappa shape index (κ3) is 2.32. The monoisotopic (exact) mass is 286 g/mol. The van der Waals surface area contributed by atoms with E-state index in [9.17, 15) is 15.0 Å². The molecule has 0 fully saturated rings. The molecule has 1 heterocycles. The fraction of sp³-hybridized carbons (Fsp3) is 0.188. The summed E-state index contributed by atoms with van der Waals surface area (Å²) in [6.45, 7) is 0. The number of hydrogen-bond donors (Lipinski definition) is 2. The third-order valence-corrected chi connectivity index (χ3v) is 3.52. The molecular weight excluding hydrogens is 272 g/mol. The highest BCUT2D eigenvalue weighted by molar-refractivity contribution is 6.04. The molecule has 1 aliphatic heterocycles. The first kappa shape index (κ1) is 13.5. The van der Waals surface area contributed by atoms with Gasteiger partial charge < -0.3 is 19.7 Å². The van der Waals surface area contributed by atoms with Gasteiger partial charge in [-0.2, -0.15) is 0 Å². The third-order valence-electron chi connectivity index (χ3n) is 3.52. The summed E-state index contributed by atoms with van der Waals surface area (Å²) in [5, 5.41) is 19.5. The molecule has 2 atom stereocenters. The van der Waals surface area contributed by atoms with Gasteiger partial charge in [-0.1, -0.05) is 12.1 Å². The molecule has 21 heavy (non-hydrogen) atoms. The molecule has 2 aromatic carbocycles. The normalized spacial score (nSPS) is 20.6. The molecule has 0 spiro atoms. The van der Waals surface area contributed by atoms with E-state index in [-0.39, 0.29) is 17.3 Å². The zero-order valence-corrected chi connectivity index (χ0v) is 11.3. The van der Waals surface area contributed by atoms with Crippen LogP contribution in [0.1, 0.15) is 21.8 Å². The van der Waals surface area contributed by atoms with E-state index in [1.165, 1.54) is 18.2 Å². The van der Waals surface area contributed by atoms with Crippen molar-refractivity contribution >= 4 is 5.78 Å². The van der Waals surface area contributed by atoms with Gasteiger partial charge in [0.1, 0.15) is 23.2 Å². The van der Waals surface area contributed by atoms with Crippen LogP contribution >= 0.6 is 0 Å². The highest BCUT2D eigenvalue weighted by atomic mass is 16.6. The number of aliphatic hydroxyl groups is 1. The molecule has 5 nitrogen and oxygen atoms in total. The summed E-state index contributed by atoms with van der Waals surface area (Å²) in [4.78, 5) is 12.5. The first-order valence-corrected chi connectivity index (χ1v) is 6.46. The lowest BCUT2D eigenvalue weighted by Crippen LogP contribution is -2.35. The predicted octanol–water partition coefficient (Wildman–Crippen LogP) is 2.08. The SMILES string of the molecule is COc1ccc(C2C(=O)c3ccc(O)cc3O[C@@H]2O)cc1. The van der Waals surface area contributed by atoms with Crippen molar-refractivity contribution in [2.45, 2.75) is 12.2 Å². The highest BCUT2D eigenvalue weighted by Gasteiger charge is 2.37. The number of carbonyl (C=O) groups excluding carboxylic acids is 1. The van der Waals surface area contributed by atoms with E-state index < -0.39 is 12.2 Å². The van der Waals surface area contributed by atoms with Crippen LogP contribution in [0.3, 0.4) is 0 Å². The van der Waals surface area contributed by atoms with E-state index in [4.69, 9.17) is 9.47 Å². The smallest absolute Gasteiger partial charge is 0.211 e. The number of ether oxygens (including phenoxy) is 2. The molecule has 0 aliphatic carbocycles. The van der Waals surface area contributed by atoms with Crippen LogP contribution in [0.5, 0.6) is 17.2 Å². The summed E-state index contributed by atoms with van der Waals surface area (Å²) in [7, 11) is 1.56. The second-order valence-electron chi connectivity index (χ2n) is 4.80. The van der Waals surface area contributed by atoms with Crippen molar-refractivity contribution in [3.8, 4) is 17.2 Å². The zero-order valence-electron chi connectivity index (χ0n) is 11.3. The largest absolute Gasteiger partial charge is 0.508 e. The maximum atomic E-state index is 12.5. The average Bonchev–Trinajstić information content (AvgIpc) is 2.47. The number of Topliss-reactive ketones (excluding diaryl/α,β-unsaturated/α-hetero) is 1. The van der Waals surface area contributed by atoms with Gasteiger partial charge in [-0.15, -0.1) is 0 Å². The van der Waals surface area contributed by atoms with E-state index in [1.54, 1.807) is 31.4 Å². The molecule has 2 aromatic rings. The van der Waals surface area contributed by atoms with Crippen molar-refractivity contribution in [1.82, 2.24) is 0 Å². The highest BCUT2D eigenvalue weighted by Crippen LogP contribution is 2.37. The quantitative estimate of drug-likeness (QED) is 0.884. The van der Waals surface area contributed by atoms with Crippen LogP contribution < -0.4 is 9.47 Å². The maximum absolute atomic E-state index is 12.5. The van der Waals surface area contributed by atoms with Crippen LogP contribution in [0, 0.1) is 0 Å². The Balaban J connectivity index is 1.99. The van der Waals surface area contributed by atoms with Gasteiger partial charge in [0.15, 0.2) is 5.78 Å². The maximum Gasteiger partial charge on any atom is 0.211 e. The van der Waals surface area contributed by atoms with Crippen LogP contribution in [-0.2, 0) is 0 Å². The average molecular weight is 286 g/mol. The number of phenols is 1. The van der Waals surface area contributed by atoms with Gasteiger partial charge in [-0.3, -0.25) is 4.79 Å². The number of fused-ring (bicyclic) bond motifs is 1. The molecule has 0 saturated carbocycles. The minimum atomic E-state index is -1.29. The predicted molar refractivity (Wildman–Crippen MR) is 74.8 cm³/mol. The number of carbonyl (C=O) groups is 1. The van der Waals surface area contributed by atoms with E-state index in [1.807, 2.05) is 0 Å². The van der Waals surface area contributed by atoms with Gasteiger partial charge in [0.25, 0.3) is 0 Å². The van der Waals surface area contributed by atoms with Gasteiger partial charge in [0.05, 0.1) is 12.7 Å². The topological polar surface area (TPSA) is 76.0 Å². The number of benzene rings is 2. The summed E-state index contributed by atoms with van der Waals surface area (Å²) in [6, 6.07) is 11.1. The zero-order chi connectivity index (χ0) is 15.0. The molecule has 1 unspecified atom stereocenters. The first-order valence-electron chi connectivity index (χ1n) is 6.46. The van der Waals surface area contributed by atoms with E-state index >= 15 is 0 Å². The van der Waals surface area contributed by atoms with Gasteiger partial charge in [-0.25, -0.2) is 0 Å². The van der Waals surface area contributed by atoms with E-state index in [0.29, 0.717) is 16.9 Å². The molecule has 2 N–H and O–H groups in total. The summed E-state index contributed by atoms with van der Waals surface area (Å²) >= 11 is 0. The van der Waals surface area contributed by atoms with Crippen LogP contribution in [0.15, 0.2) is 42.5 Å². The molecule has 0 saturated heterocycles. The lowest BCUT2D eigenvalue weighted by Gasteiger charge is -2.29. The molecule has 0 aromatic heterocycles. The molecular formula is C16H14O5. The van der Waals surface area contributed by atoms with Crippen molar-refractivity contribution in [3.63, 3.8) is 0 Å². The fourth-order valence-corrected chi connectivity index (χ4v) is 2.43. The number of phenolic OH excluding ortho intramolecular Hbond substituents is 1. The molecule has 3 rings (SSSR count). The minimum absolute atomic E-state index is 0.0170. The summed E-state index contributed by atoms with van der Waals surface area (Å²) in [5.41, 5.74) is 0.992. The minimum Gasteiger partial charge on any atom is -0.508 e. The summed E-state index contributed by atoms with van der Waals surface area (Å²) < 4.78 is 10.4. The summed E-state index contributed by atoms with van der Waals surface area (Å²) in [6.07, 6.45) is -1.29. The molecule has 1 aliphatic rings. The number of rotatable bonds is 2. The van der Waals surface area contributed by atoms with Gasteiger partial charge in [-0.05, 0) is 29.8 Å². The second kappa shape index (κ2) is 5.10. The Labute approximate surface area is 121 Å². The van der Waals surface area contributed by atoms with E-state index in [2.05, 4.69) is 0 Å². The molecule has 108 valence electrons. The van der Waals surface area contributed by atoms with E-state index in [0.717, 1.165) is 0 Å². The van der Waals surface area contributed by atoms with Gasteiger partial charge in [0.2, 0.25) is 6.29 Å². The Morgan fingerprint density at radius 3 is 2.52 bits per heavy atom. The van der Waals surface area contributed by atoms with Crippen LogP contribution in [0.2, 0.25) is 0 Å². The number of aromatic hydroxyl groups is 1. The van der Waals surface area contributed by atoms with Crippen molar-refractivity contribution in [2.75, 3.05) is 7.11 Å². The van der Waals surface area contributed by atoms with Crippen molar-refractivity contribution < 1.29 is 24.5 Å². The van der Waals surface area contributed by atoms with Crippen LogP contribution in [0.4, 0.5) is 0 Å². The van der Waals surface area contributed by atoms with Crippen molar-refractivity contribution in [1.29, 1.82) is 0 Å². The van der Waals surface area contributed by atoms with Crippen molar-refractivity contribution in [2.24, 2.45) is 0 Å². The molecule has 0 radical (unpaired) electrons. The Hall–Kier alpha value is -2.53. The first-order chi connectivity index (χ1) is 10.1. The summed E-state index contributed by atoms with van der Waals surface area (Å²) in [5.74, 6) is -0.196. The lowest BCUT2D eigenvalue weighted by molar-refractivity contribution is -0.0386. The molecule has 0 amide bonds. The number of hydrogen-bond acceptors (Lipinski definition) is 5. The molecule has 0 bridgehead atoms. The number of ketones is 1. The lowest BCUT2D eigenvalue weighted by atomic mass is 9.87.